The number of carbonyl (C=O) groups excluding carboxylic acids is 1. The number of hydrogen-bond acceptors (Lipinski definition) is 5. The van der Waals surface area contributed by atoms with Gasteiger partial charge < -0.3 is 10.1 Å². The van der Waals surface area contributed by atoms with Crippen molar-refractivity contribution in [2.24, 2.45) is 0 Å². The number of nitro groups is 1. The third kappa shape index (κ3) is 3.10. The van der Waals surface area contributed by atoms with Crippen molar-refractivity contribution in [2.75, 3.05) is 19.0 Å². The van der Waals surface area contributed by atoms with Gasteiger partial charge in [-0.3, -0.25) is 14.9 Å². The average molecular weight is 338 g/mol. The van der Waals surface area contributed by atoms with Gasteiger partial charge in [-0.15, -0.1) is 0 Å². The molecule has 1 N–H and O–H groups in total. The van der Waals surface area contributed by atoms with Crippen LogP contribution in [0.2, 0.25) is 0 Å². The molecule has 1 heterocycles. The van der Waals surface area contributed by atoms with Gasteiger partial charge in [-0.1, -0.05) is 12.1 Å². The number of aryl methyl sites for hydroxylation is 2. The third-order valence-corrected chi connectivity index (χ3v) is 4.17. The summed E-state index contributed by atoms with van der Waals surface area (Å²) in [4.78, 5) is 23.5. The average Bonchev–Trinajstić information content (AvgIpc) is 2.56. The Morgan fingerprint density at radius 3 is 2.68 bits per heavy atom. The smallest absolute Gasteiger partial charge is 0.292 e. The van der Waals surface area contributed by atoms with E-state index < -0.39 is 4.92 Å². The van der Waals surface area contributed by atoms with Crippen molar-refractivity contribution in [2.45, 2.75) is 13.8 Å². The molecule has 0 saturated carbocycles. The number of benzene rings is 2. The van der Waals surface area contributed by atoms with Gasteiger partial charge in [0.25, 0.3) is 5.69 Å². The highest BCUT2D eigenvalue weighted by atomic mass is 16.6. The summed E-state index contributed by atoms with van der Waals surface area (Å²) in [5.74, 6) is 0.496. The van der Waals surface area contributed by atoms with E-state index in [4.69, 9.17) is 4.74 Å². The number of nitrogens with one attached hydrogen (secondary N) is 1. The second-order valence-electron chi connectivity index (χ2n) is 6.03. The van der Waals surface area contributed by atoms with Gasteiger partial charge in [-0.25, -0.2) is 0 Å². The minimum Gasteiger partial charge on any atom is -0.488 e. The molecule has 0 spiro atoms. The molecule has 3 rings (SSSR count). The molecule has 0 aliphatic carbocycles. The lowest BCUT2D eigenvalue weighted by atomic mass is 9.93. The molecule has 0 atom stereocenters. The van der Waals surface area contributed by atoms with Crippen LogP contribution in [-0.2, 0) is 0 Å². The Hall–Kier alpha value is -3.15. The molecule has 0 radical (unpaired) electrons. The predicted molar refractivity (Wildman–Crippen MR) is 96.4 cm³/mol. The quantitative estimate of drug-likeness (QED) is 0.521. The van der Waals surface area contributed by atoms with E-state index in [0.717, 1.165) is 11.1 Å². The summed E-state index contributed by atoms with van der Waals surface area (Å²) in [6, 6.07) is 8.60. The maximum atomic E-state index is 12.8. The van der Waals surface area contributed by atoms with Crippen molar-refractivity contribution in [3.8, 4) is 5.75 Å². The van der Waals surface area contributed by atoms with Crippen LogP contribution < -0.4 is 10.1 Å². The molecule has 2 aromatic rings. The molecule has 0 bridgehead atoms. The van der Waals surface area contributed by atoms with Gasteiger partial charge in [0.1, 0.15) is 18.0 Å². The molecule has 6 heteroatoms. The van der Waals surface area contributed by atoms with E-state index in [0.29, 0.717) is 28.1 Å². The van der Waals surface area contributed by atoms with E-state index in [-0.39, 0.29) is 18.1 Å². The largest absolute Gasteiger partial charge is 0.488 e. The zero-order chi connectivity index (χ0) is 18.1. The number of hydrogen-bond donors (Lipinski definition) is 1. The number of fused-ring (bicyclic) bond motifs is 1. The molecule has 128 valence electrons. The van der Waals surface area contributed by atoms with E-state index in [1.807, 2.05) is 26.0 Å². The normalized spacial score (nSPS) is 14.8. The van der Waals surface area contributed by atoms with Crippen LogP contribution in [0.3, 0.4) is 0 Å². The Balaban J connectivity index is 2.02. The Bertz CT molecular complexity index is 916. The number of carbonyl (C=O) groups is 1. The molecule has 0 amide bonds. The number of Topliss-reactive ketones (excluding diaryl/α,β-unsaturated/α-hetero) is 1. The summed E-state index contributed by atoms with van der Waals surface area (Å²) >= 11 is 0. The molecule has 1 aliphatic heterocycles. The van der Waals surface area contributed by atoms with Crippen LogP contribution in [0.1, 0.15) is 27.0 Å². The van der Waals surface area contributed by atoms with Crippen molar-refractivity contribution in [3.05, 3.63) is 68.3 Å². The van der Waals surface area contributed by atoms with Gasteiger partial charge in [0, 0.05) is 18.7 Å². The predicted octanol–water partition coefficient (Wildman–Crippen LogP) is 3.91. The summed E-state index contributed by atoms with van der Waals surface area (Å²) in [5.41, 5.74) is 3.92. The third-order valence-electron chi connectivity index (χ3n) is 4.17. The minimum atomic E-state index is -0.449. The molecule has 0 fully saturated rings. The fraction of sp³-hybridized carbons (Fsp3) is 0.211. The van der Waals surface area contributed by atoms with Gasteiger partial charge >= 0.3 is 0 Å². The van der Waals surface area contributed by atoms with Crippen LogP contribution >= 0.6 is 0 Å². The number of anilines is 1. The molecule has 0 aromatic heterocycles. The Labute approximate surface area is 145 Å². The van der Waals surface area contributed by atoms with Gasteiger partial charge in [0.15, 0.2) is 5.78 Å². The molecular formula is C19H18N2O4. The monoisotopic (exact) mass is 338 g/mol. The number of ketones is 1. The van der Waals surface area contributed by atoms with E-state index in [1.165, 1.54) is 6.07 Å². The van der Waals surface area contributed by atoms with Crippen LogP contribution in [0.5, 0.6) is 5.75 Å². The number of rotatable bonds is 3. The second kappa shape index (κ2) is 6.39. The number of nitro benzene ring substituents is 1. The SMILES string of the molecule is CNc1ccc(C=C2COc3cc(C)cc(C)c3C2=O)cc1[N+](=O)[O-]. The van der Waals surface area contributed by atoms with Crippen LogP contribution in [0.25, 0.3) is 6.08 Å². The first-order chi connectivity index (χ1) is 11.9. The first-order valence-corrected chi connectivity index (χ1v) is 7.86. The van der Waals surface area contributed by atoms with Gasteiger partial charge in [-0.2, -0.15) is 0 Å². The molecule has 1 aliphatic rings. The molecule has 0 unspecified atom stereocenters. The fourth-order valence-corrected chi connectivity index (χ4v) is 3.02. The standard InChI is InChI=1S/C19H18N2O4/c1-11-6-12(2)18-17(7-11)25-10-14(19(18)22)8-13-4-5-15(20-3)16(9-13)21(23)24/h4-9,20H,10H2,1-3H3. The van der Waals surface area contributed by atoms with Gasteiger partial charge in [0.05, 0.1) is 10.5 Å². The van der Waals surface area contributed by atoms with Crippen molar-refractivity contribution in [1.82, 2.24) is 0 Å². The van der Waals surface area contributed by atoms with Gasteiger partial charge in [-0.05, 0) is 48.7 Å². The summed E-state index contributed by atoms with van der Waals surface area (Å²) in [7, 11) is 1.63. The maximum absolute atomic E-state index is 12.8. The van der Waals surface area contributed by atoms with Crippen molar-refractivity contribution in [1.29, 1.82) is 0 Å². The lowest BCUT2D eigenvalue weighted by Gasteiger charge is -2.21. The lowest BCUT2D eigenvalue weighted by Crippen LogP contribution is -2.20. The molecule has 25 heavy (non-hydrogen) atoms. The molecular weight excluding hydrogens is 320 g/mol. The summed E-state index contributed by atoms with van der Waals surface area (Å²) < 4.78 is 5.73. The Morgan fingerprint density at radius 1 is 1.24 bits per heavy atom. The van der Waals surface area contributed by atoms with Crippen LogP contribution in [0, 0.1) is 24.0 Å². The Kier molecular flexibility index (Phi) is 4.27. The van der Waals surface area contributed by atoms with Crippen LogP contribution in [0.4, 0.5) is 11.4 Å². The molecule has 2 aromatic carbocycles. The minimum absolute atomic E-state index is 0.0340. The van der Waals surface area contributed by atoms with Crippen molar-refractivity contribution < 1.29 is 14.5 Å². The molecule has 6 nitrogen and oxygen atoms in total. The first kappa shape index (κ1) is 16.7. The maximum Gasteiger partial charge on any atom is 0.292 e. The van der Waals surface area contributed by atoms with E-state index in [2.05, 4.69) is 5.32 Å². The highest BCUT2D eigenvalue weighted by molar-refractivity contribution is 6.15. The summed E-state index contributed by atoms with van der Waals surface area (Å²) in [6.45, 7) is 3.98. The van der Waals surface area contributed by atoms with Gasteiger partial charge in [0.2, 0.25) is 0 Å². The first-order valence-electron chi connectivity index (χ1n) is 7.86. The summed E-state index contributed by atoms with van der Waals surface area (Å²) in [6.07, 6.45) is 1.65. The topological polar surface area (TPSA) is 81.5 Å². The number of ether oxygens (including phenoxy) is 1. The van der Waals surface area contributed by atoms with E-state index >= 15 is 0 Å². The summed E-state index contributed by atoms with van der Waals surface area (Å²) in [5, 5.41) is 14.0. The van der Waals surface area contributed by atoms with Crippen molar-refractivity contribution in [3.63, 3.8) is 0 Å². The number of nitrogens with zero attached hydrogens (tertiary/aromatic N) is 1. The Morgan fingerprint density at radius 2 is 2.00 bits per heavy atom. The van der Waals surface area contributed by atoms with Crippen LogP contribution in [0.15, 0.2) is 35.9 Å². The van der Waals surface area contributed by atoms with E-state index in [9.17, 15) is 14.9 Å². The van der Waals surface area contributed by atoms with Crippen molar-refractivity contribution >= 4 is 23.2 Å². The lowest BCUT2D eigenvalue weighted by molar-refractivity contribution is -0.383. The zero-order valence-corrected chi connectivity index (χ0v) is 14.3. The van der Waals surface area contributed by atoms with Crippen LogP contribution in [-0.4, -0.2) is 24.4 Å². The van der Waals surface area contributed by atoms with E-state index in [1.54, 1.807) is 25.3 Å². The highest BCUT2D eigenvalue weighted by Crippen LogP contribution is 2.32. The molecule has 0 saturated heterocycles. The fourth-order valence-electron chi connectivity index (χ4n) is 3.02. The second-order valence-corrected chi connectivity index (χ2v) is 6.03. The highest BCUT2D eigenvalue weighted by Gasteiger charge is 2.25. The zero-order valence-electron chi connectivity index (χ0n) is 14.3.